The van der Waals surface area contributed by atoms with Gasteiger partial charge in [0.25, 0.3) is 0 Å². The summed E-state index contributed by atoms with van der Waals surface area (Å²) in [5.41, 5.74) is -0.590. The van der Waals surface area contributed by atoms with Crippen molar-refractivity contribution in [1.82, 2.24) is 9.55 Å². The molecule has 94 valence electrons. The van der Waals surface area contributed by atoms with Crippen LogP contribution < -0.4 is 0 Å². The number of nitrogens with zero attached hydrogens (tertiary/aromatic N) is 2. The molecule has 0 aliphatic carbocycles. The van der Waals surface area contributed by atoms with E-state index in [9.17, 15) is 9.59 Å². The van der Waals surface area contributed by atoms with Crippen LogP contribution in [-0.2, 0) is 16.6 Å². The molecule has 0 spiro atoms. The Morgan fingerprint density at radius 1 is 1.41 bits per heavy atom. The van der Waals surface area contributed by atoms with Crippen molar-refractivity contribution in [2.75, 3.05) is 0 Å². The number of esters is 1. The van der Waals surface area contributed by atoms with Crippen molar-refractivity contribution < 1.29 is 14.3 Å². The van der Waals surface area contributed by atoms with Crippen LogP contribution in [0, 0.1) is 5.92 Å². The average Bonchev–Trinajstić information content (AvgIpc) is 2.59. The molecule has 0 aliphatic rings. The lowest BCUT2D eigenvalue weighted by atomic mass is 10.1. The summed E-state index contributed by atoms with van der Waals surface area (Å²) in [5, 5.41) is 0. The number of Topliss-reactive ketones (excluding diaryl/α,β-unsaturated/α-hetero) is 1. The Kier molecular flexibility index (Phi) is 3.70. The van der Waals surface area contributed by atoms with E-state index in [-0.39, 0.29) is 11.6 Å². The number of aromatic nitrogens is 2. The lowest BCUT2D eigenvalue weighted by molar-refractivity contribution is -0.157. The third-order valence-electron chi connectivity index (χ3n) is 2.20. The summed E-state index contributed by atoms with van der Waals surface area (Å²) in [6.07, 6.45) is 3.18. The van der Waals surface area contributed by atoms with Gasteiger partial charge in [-0.1, -0.05) is 0 Å². The highest BCUT2D eigenvalue weighted by Crippen LogP contribution is 2.14. The second kappa shape index (κ2) is 4.69. The topological polar surface area (TPSA) is 61.2 Å². The van der Waals surface area contributed by atoms with E-state index in [0.29, 0.717) is 0 Å². The standard InChI is InChI=1S/C12H18N2O3/c1-8(11(16)17-12(2,3)4)9(15)10-13-6-7-14(10)5/h6-8H,1-5H3. The number of hydrogen-bond donors (Lipinski definition) is 0. The summed E-state index contributed by atoms with van der Waals surface area (Å²) in [5.74, 6) is -1.42. The van der Waals surface area contributed by atoms with E-state index in [1.807, 2.05) is 0 Å². The molecule has 1 atom stereocenters. The Labute approximate surface area is 101 Å². The number of imidazole rings is 1. The van der Waals surface area contributed by atoms with Crippen LogP contribution in [0.3, 0.4) is 0 Å². The zero-order valence-electron chi connectivity index (χ0n) is 10.9. The molecular formula is C12H18N2O3. The maximum Gasteiger partial charge on any atom is 0.317 e. The molecule has 0 aliphatic heterocycles. The minimum atomic E-state index is -0.838. The number of carbonyl (C=O) groups is 2. The summed E-state index contributed by atoms with van der Waals surface area (Å²) < 4.78 is 6.75. The number of carbonyl (C=O) groups excluding carboxylic acids is 2. The molecule has 0 saturated heterocycles. The van der Waals surface area contributed by atoms with E-state index in [4.69, 9.17) is 4.74 Å². The van der Waals surface area contributed by atoms with Crippen molar-refractivity contribution in [2.45, 2.75) is 33.3 Å². The summed E-state index contributed by atoms with van der Waals surface area (Å²) in [4.78, 5) is 27.6. The Hall–Kier alpha value is -1.65. The Balaban J connectivity index is 2.78. The number of ether oxygens (including phenoxy) is 1. The van der Waals surface area contributed by atoms with Crippen LogP contribution in [0.1, 0.15) is 38.3 Å². The first-order valence-corrected chi connectivity index (χ1v) is 5.47. The van der Waals surface area contributed by atoms with E-state index in [1.54, 1.807) is 38.6 Å². The molecule has 1 unspecified atom stereocenters. The fourth-order valence-electron chi connectivity index (χ4n) is 1.29. The fraction of sp³-hybridized carbons (Fsp3) is 0.583. The molecule has 0 N–H and O–H groups in total. The summed E-state index contributed by atoms with van der Waals surface area (Å²) in [7, 11) is 1.71. The largest absolute Gasteiger partial charge is 0.459 e. The fourth-order valence-corrected chi connectivity index (χ4v) is 1.29. The van der Waals surface area contributed by atoms with Crippen molar-refractivity contribution in [2.24, 2.45) is 13.0 Å². The molecule has 0 saturated carbocycles. The van der Waals surface area contributed by atoms with E-state index in [2.05, 4.69) is 4.98 Å². The van der Waals surface area contributed by atoms with Gasteiger partial charge in [0.15, 0.2) is 5.82 Å². The van der Waals surface area contributed by atoms with Crippen LogP contribution in [0.5, 0.6) is 0 Å². The van der Waals surface area contributed by atoms with E-state index >= 15 is 0 Å². The smallest absolute Gasteiger partial charge is 0.317 e. The first-order chi connectivity index (χ1) is 7.72. The third kappa shape index (κ3) is 3.41. The molecular weight excluding hydrogens is 220 g/mol. The van der Waals surface area contributed by atoms with Crippen LogP contribution in [-0.4, -0.2) is 26.9 Å². The Morgan fingerprint density at radius 2 is 2.00 bits per heavy atom. The number of hydrogen-bond acceptors (Lipinski definition) is 4. The van der Waals surface area contributed by atoms with E-state index in [1.165, 1.54) is 13.1 Å². The van der Waals surface area contributed by atoms with Gasteiger partial charge in [-0.2, -0.15) is 0 Å². The van der Waals surface area contributed by atoms with Crippen molar-refractivity contribution in [3.63, 3.8) is 0 Å². The van der Waals surface area contributed by atoms with Crippen molar-refractivity contribution in [1.29, 1.82) is 0 Å². The van der Waals surface area contributed by atoms with Gasteiger partial charge in [0.05, 0.1) is 0 Å². The molecule has 0 amide bonds. The van der Waals surface area contributed by atoms with Gasteiger partial charge in [-0.25, -0.2) is 4.98 Å². The van der Waals surface area contributed by atoms with E-state index in [0.717, 1.165) is 0 Å². The van der Waals surface area contributed by atoms with Crippen LogP contribution >= 0.6 is 0 Å². The van der Waals surface area contributed by atoms with Crippen molar-refractivity contribution in [3.8, 4) is 0 Å². The molecule has 0 bridgehead atoms. The Morgan fingerprint density at radius 3 is 2.41 bits per heavy atom. The molecule has 1 heterocycles. The van der Waals surface area contributed by atoms with Crippen LogP contribution in [0.15, 0.2) is 12.4 Å². The summed E-state index contributed by atoms with van der Waals surface area (Å²) >= 11 is 0. The summed E-state index contributed by atoms with van der Waals surface area (Å²) in [6, 6.07) is 0. The van der Waals surface area contributed by atoms with Gasteiger partial charge in [0, 0.05) is 19.4 Å². The minimum absolute atomic E-state index is 0.267. The summed E-state index contributed by atoms with van der Waals surface area (Å²) in [6.45, 7) is 6.83. The maximum atomic E-state index is 12.0. The quantitative estimate of drug-likeness (QED) is 0.455. The second-order valence-electron chi connectivity index (χ2n) is 4.98. The lowest BCUT2D eigenvalue weighted by Gasteiger charge is -2.21. The van der Waals surface area contributed by atoms with Gasteiger partial charge in [0.1, 0.15) is 11.5 Å². The molecule has 1 aromatic rings. The van der Waals surface area contributed by atoms with Gasteiger partial charge >= 0.3 is 5.97 Å². The van der Waals surface area contributed by atoms with Crippen molar-refractivity contribution >= 4 is 11.8 Å². The van der Waals surface area contributed by atoms with Crippen LogP contribution in [0.4, 0.5) is 0 Å². The normalized spacial score (nSPS) is 13.2. The highest BCUT2D eigenvalue weighted by Gasteiger charge is 2.29. The molecule has 0 aromatic carbocycles. The first kappa shape index (κ1) is 13.4. The molecule has 5 heteroatoms. The van der Waals surface area contributed by atoms with Crippen LogP contribution in [0.25, 0.3) is 0 Å². The lowest BCUT2D eigenvalue weighted by Crippen LogP contribution is -2.32. The number of ketones is 1. The predicted molar refractivity (Wildman–Crippen MR) is 62.5 cm³/mol. The number of aryl methyl sites for hydroxylation is 1. The van der Waals surface area contributed by atoms with Gasteiger partial charge in [0.2, 0.25) is 5.78 Å². The highest BCUT2D eigenvalue weighted by atomic mass is 16.6. The predicted octanol–water partition coefficient (Wildman–Crippen LogP) is 1.58. The van der Waals surface area contributed by atoms with Crippen LogP contribution in [0.2, 0.25) is 0 Å². The van der Waals surface area contributed by atoms with Crippen molar-refractivity contribution in [3.05, 3.63) is 18.2 Å². The van der Waals surface area contributed by atoms with Gasteiger partial charge in [-0.15, -0.1) is 0 Å². The number of rotatable bonds is 3. The zero-order valence-corrected chi connectivity index (χ0v) is 10.9. The molecule has 1 rings (SSSR count). The third-order valence-corrected chi connectivity index (χ3v) is 2.20. The monoisotopic (exact) mass is 238 g/mol. The van der Waals surface area contributed by atoms with Gasteiger partial charge in [-0.05, 0) is 27.7 Å². The highest BCUT2D eigenvalue weighted by molar-refractivity contribution is 6.06. The van der Waals surface area contributed by atoms with Gasteiger partial charge < -0.3 is 9.30 Å². The molecule has 0 radical (unpaired) electrons. The molecule has 5 nitrogen and oxygen atoms in total. The molecule has 1 aromatic heterocycles. The van der Waals surface area contributed by atoms with E-state index < -0.39 is 17.5 Å². The minimum Gasteiger partial charge on any atom is -0.459 e. The first-order valence-electron chi connectivity index (χ1n) is 5.47. The SMILES string of the molecule is CC(C(=O)OC(C)(C)C)C(=O)c1nccn1C. The second-order valence-corrected chi connectivity index (χ2v) is 4.98. The van der Waals surface area contributed by atoms with Gasteiger partial charge in [-0.3, -0.25) is 9.59 Å². The average molecular weight is 238 g/mol. The zero-order chi connectivity index (χ0) is 13.2. The molecule has 17 heavy (non-hydrogen) atoms. The molecule has 0 fully saturated rings. The maximum absolute atomic E-state index is 12.0. The Bertz CT molecular complexity index is 429.